The fraction of sp³-hybridized carbons (Fsp3) is 0.500. The van der Waals surface area contributed by atoms with E-state index < -0.39 is 11.9 Å². The summed E-state index contributed by atoms with van der Waals surface area (Å²) in [7, 11) is 0. The molecule has 0 aliphatic heterocycles. The predicted molar refractivity (Wildman–Crippen MR) is 69.1 cm³/mol. The molecule has 0 aliphatic rings. The number of nitrogens with one attached hydrogen (secondary N) is 1. The number of benzene rings is 1. The van der Waals surface area contributed by atoms with Crippen LogP contribution >= 0.6 is 0 Å². The highest BCUT2D eigenvalue weighted by Crippen LogP contribution is 2.24. The van der Waals surface area contributed by atoms with Crippen LogP contribution in [-0.2, 0) is 10.2 Å². The van der Waals surface area contributed by atoms with Crippen molar-refractivity contribution in [1.29, 1.82) is 0 Å². The van der Waals surface area contributed by atoms with Gasteiger partial charge in [0, 0.05) is 18.5 Å². The molecule has 0 heterocycles. The minimum absolute atomic E-state index is 0.226. The predicted octanol–water partition coefficient (Wildman–Crippen LogP) is 2.41. The molecule has 1 rings (SSSR count). The number of aliphatic carboxylic acids is 1. The molecule has 1 aromatic rings. The Labute approximate surface area is 107 Å². The minimum atomic E-state index is -0.828. The molecule has 1 unspecified atom stereocenters. The molecule has 0 spiro atoms. The minimum Gasteiger partial charge on any atom is -0.481 e. The summed E-state index contributed by atoms with van der Waals surface area (Å²) < 4.78 is 13.7. The fourth-order valence-electron chi connectivity index (χ4n) is 1.79. The van der Waals surface area contributed by atoms with Gasteiger partial charge in [0.1, 0.15) is 5.82 Å². The van der Waals surface area contributed by atoms with Crippen molar-refractivity contribution in [2.75, 3.05) is 13.1 Å². The van der Waals surface area contributed by atoms with Crippen LogP contribution in [0.5, 0.6) is 0 Å². The zero-order chi connectivity index (χ0) is 13.8. The van der Waals surface area contributed by atoms with Crippen LogP contribution in [0.15, 0.2) is 24.3 Å². The number of hydrogen-bond acceptors (Lipinski definition) is 2. The number of carbonyl (C=O) groups is 1. The van der Waals surface area contributed by atoms with Crippen LogP contribution < -0.4 is 5.32 Å². The lowest BCUT2D eigenvalue weighted by molar-refractivity contribution is -0.140. The highest BCUT2D eigenvalue weighted by atomic mass is 19.1. The van der Waals surface area contributed by atoms with Gasteiger partial charge < -0.3 is 10.4 Å². The maximum atomic E-state index is 13.7. The molecule has 0 saturated carbocycles. The standard InChI is InChI=1S/C14H20FNO2/c1-10(13(17)18)8-16-9-14(2,3)11-6-4-5-7-12(11)15/h4-7,10,16H,8-9H2,1-3H3,(H,17,18). The van der Waals surface area contributed by atoms with Gasteiger partial charge in [-0.05, 0) is 11.6 Å². The van der Waals surface area contributed by atoms with Gasteiger partial charge in [0.2, 0.25) is 0 Å². The summed E-state index contributed by atoms with van der Waals surface area (Å²) in [6, 6.07) is 6.67. The van der Waals surface area contributed by atoms with Crippen molar-refractivity contribution in [1.82, 2.24) is 5.32 Å². The highest BCUT2D eigenvalue weighted by molar-refractivity contribution is 5.69. The first-order valence-corrected chi connectivity index (χ1v) is 6.03. The Bertz CT molecular complexity index is 418. The fourth-order valence-corrected chi connectivity index (χ4v) is 1.79. The Morgan fingerprint density at radius 2 is 2.06 bits per heavy atom. The van der Waals surface area contributed by atoms with Gasteiger partial charge >= 0.3 is 5.97 Å². The molecular weight excluding hydrogens is 233 g/mol. The summed E-state index contributed by atoms with van der Waals surface area (Å²) >= 11 is 0. The van der Waals surface area contributed by atoms with Gasteiger partial charge in [-0.2, -0.15) is 0 Å². The van der Waals surface area contributed by atoms with Crippen molar-refractivity contribution in [3.8, 4) is 0 Å². The van der Waals surface area contributed by atoms with Gasteiger partial charge in [-0.25, -0.2) is 4.39 Å². The van der Waals surface area contributed by atoms with E-state index in [1.54, 1.807) is 25.1 Å². The molecule has 0 aliphatic carbocycles. The summed E-state index contributed by atoms with van der Waals surface area (Å²) in [4.78, 5) is 10.7. The van der Waals surface area contributed by atoms with Crippen LogP contribution in [0.3, 0.4) is 0 Å². The van der Waals surface area contributed by atoms with E-state index in [-0.39, 0.29) is 11.2 Å². The number of carboxylic acid groups (broad SMARTS) is 1. The smallest absolute Gasteiger partial charge is 0.307 e. The molecule has 0 aromatic heterocycles. The monoisotopic (exact) mass is 253 g/mol. The molecule has 1 atom stereocenters. The lowest BCUT2D eigenvalue weighted by atomic mass is 9.84. The molecule has 4 heteroatoms. The third kappa shape index (κ3) is 3.81. The van der Waals surface area contributed by atoms with Crippen molar-refractivity contribution < 1.29 is 14.3 Å². The average molecular weight is 253 g/mol. The van der Waals surface area contributed by atoms with Crippen LogP contribution in [0.2, 0.25) is 0 Å². The van der Waals surface area contributed by atoms with Crippen molar-refractivity contribution in [2.24, 2.45) is 5.92 Å². The Kier molecular flexibility index (Phi) is 4.84. The van der Waals surface area contributed by atoms with Crippen molar-refractivity contribution >= 4 is 5.97 Å². The number of halogens is 1. The zero-order valence-corrected chi connectivity index (χ0v) is 11.0. The van der Waals surface area contributed by atoms with E-state index in [1.807, 2.05) is 13.8 Å². The number of carboxylic acids is 1. The Morgan fingerprint density at radius 1 is 1.44 bits per heavy atom. The molecular formula is C14H20FNO2. The SMILES string of the molecule is CC(CNCC(C)(C)c1ccccc1F)C(=O)O. The zero-order valence-electron chi connectivity index (χ0n) is 11.0. The molecule has 100 valence electrons. The quantitative estimate of drug-likeness (QED) is 0.818. The summed E-state index contributed by atoms with van der Waals surface area (Å²) in [6.45, 7) is 6.43. The van der Waals surface area contributed by atoms with Crippen LogP contribution in [0, 0.1) is 11.7 Å². The first-order chi connectivity index (χ1) is 8.34. The number of rotatable bonds is 6. The average Bonchev–Trinajstić information content (AvgIpc) is 2.28. The van der Waals surface area contributed by atoms with Gasteiger partial charge in [-0.3, -0.25) is 4.79 Å². The topological polar surface area (TPSA) is 49.3 Å². The molecule has 0 bridgehead atoms. The second kappa shape index (κ2) is 5.96. The third-order valence-corrected chi connectivity index (χ3v) is 3.04. The third-order valence-electron chi connectivity index (χ3n) is 3.04. The molecule has 3 nitrogen and oxygen atoms in total. The molecule has 0 fully saturated rings. The first kappa shape index (κ1) is 14.6. The molecule has 0 amide bonds. The lowest BCUT2D eigenvalue weighted by Crippen LogP contribution is -2.37. The molecule has 0 saturated heterocycles. The summed E-state index contributed by atoms with van der Waals surface area (Å²) in [5.74, 6) is -1.50. The molecule has 18 heavy (non-hydrogen) atoms. The van der Waals surface area contributed by atoms with E-state index in [2.05, 4.69) is 5.32 Å². The van der Waals surface area contributed by atoms with Gasteiger partial charge in [-0.15, -0.1) is 0 Å². The summed E-state index contributed by atoms with van der Waals surface area (Å²) in [5, 5.41) is 11.9. The number of hydrogen-bond donors (Lipinski definition) is 2. The first-order valence-electron chi connectivity index (χ1n) is 6.03. The van der Waals surface area contributed by atoms with E-state index in [9.17, 15) is 9.18 Å². The van der Waals surface area contributed by atoms with E-state index in [4.69, 9.17) is 5.11 Å². The highest BCUT2D eigenvalue weighted by Gasteiger charge is 2.24. The van der Waals surface area contributed by atoms with Gasteiger partial charge in [0.05, 0.1) is 5.92 Å². The van der Waals surface area contributed by atoms with E-state index in [0.29, 0.717) is 18.7 Å². The summed E-state index contributed by atoms with van der Waals surface area (Å²) in [6.07, 6.45) is 0. The van der Waals surface area contributed by atoms with Crippen molar-refractivity contribution in [2.45, 2.75) is 26.2 Å². The Morgan fingerprint density at radius 3 is 2.61 bits per heavy atom. The molecule has 1 aromatic carbocycles. The van der Waals surface area contributed by atoms with Crippen LogP contribution in [0.1, 0.15) is 26.3 Å². The van der Waals surface area contributed by atoms with Crippen molar-refractivity contribution in [3.63, 3.8) is 0 Å². The van der Waals surface area contributed by atoms with Crippen LogP contribution in [0.4, 0.5) is 4.39 Å². The maximum absolute atomic E-state index is 13.7. The van der Waals surface area contributed by atoms with Crippen LogP contribution in [0.25, 0.3) is 0 Å². The molecule has 2 N–H and O–H groups in total. The van der Waals surface area contributed by atoms with Crippen molar-refractivity contribution in [3.05, 3.63) is 35.6 Å². The van der Waals surface area contributed by atoms with Gasteiger partial charge in [0.25, 0.3) is 0 Å². The van der Waals surface area contributed by atoms with Gasteiger partial charge in [-0.1, -0.05) is 39.0 Å². The van der Waals surface area contributed by atoms with E-state index >= 15 is 0 Å². The largest absolute Gasteiger partial charge is 0.481 e. The molecule has 0 radical (unpaired) electrons. The van der Waals surface area contributed by atoms with Crippen LogP contribution in [-0.4, -0.2) is 24.2 Å². The second-order valence-corrected chi connectivity index (χ2v) is 5.23. The maximum Gasteiger partial charge on any atom is 0.307 e. The van der Waals surface area contributed by atoms with Gasteiger partial charge in [0.15, 0.2) is 0 Å². The van der Waals surface area contributed by atoms with E-state index in [0.717, 1.165) is 0 Å². The summed E-state index contributed by atoms with van der Waals surface area (Å²) in [5.41, 5.74) is 0.268. The Hall–Kier alpha value is -1.42. The Balaban J connectivity index is 2.60. The lowest BCUT2D eigenvalue weighted by Gasteiger charge is -2.26. The second-order valence-electron chi connectivity index (χ2n) is 5.23. The van der Waals surface area contributed by atoms with E-state index in [1.165, 1.54) is 6.07 Å². The normalized spacial score (nSPS) is 13.3.